The summed E-state index contributed by atoms with van der Waals surface area (Å²) in [4.78, 5) is 5.72. The van der Waals surface area contributed by atoms with Gasteiger partial charge >= 0.3 is 0 Å². The molecule has 0 aliphatic rings. The van der Waals surface area contributed by atoms with Gasteiger partial charge in [-0.2, -0.15) is 0 Å². The van der Waals surface area contributed by atoms with Gasteiger partial charge in [-0.15, -0.1) is 22.9 Å². The maximum Gasteiger partial charge on any atom is 0.183 e. The van der Waals surface area contributed by atoms with E-state index in [1.807, 2.05) is 6.92 Å². The Morgan fingerprint density at radius 1 is 1.40 bits per heavy atom. The summed E-state index contributed by atoms with van der Waals surface area (Å²) in [7, 11) is 0. The van der Waals surface area contributed by atoms with Crippen molar-refractivity contribution in [3.63, 3.8) is 0 Å². The molecule has 0 saturated heterocycles. The van der Waals surface area contributed by atoms with E-state index in [0.717, 1.165) is 10.8 Å². The van der Waals surface area contributed by atoms with Crippen molar-refractivity contribution in [3.05, 3.63) is 10.6 Å². The maximum absolute atomic E-state index is 5.96. The Kier molecular flexibility index (Phi) is 4.01. The Hall–Kier alpha value is -0.280. The molecule has 0 saturated carbocycles. The van der Waals surface area contributed by atoms with Crippen LogP contribution in [0.25, 0.3) is 0 Å². The molecule has 0 amide bonds. The molecule has 0 bridgehead atoms. The number of anilines is 1. The van der Waals surface area contributed by atoms with E-state index in [4.69, 9.17) is 11.6 Å². The summed E-state index contributed by atoms with van der Waals surface area (Å²) >= 11 is 7.66. The zero-order chi connectivity index (χ0) is 11.6. The third-order valence-electron chi connectivity index (χ3n) is 2.53. The first-order valence-electron chi connectivity index (χ1n) is 5.11. The molecule has 15 heavy (non-hydrogen) atoms. The highest BCUT2D eigenvalue weighted by Gasteiger charge is 2.24. The summed E-state index contributed by atoms with van der Waals surface area (Å²) in [5.74, 6) is 0.598. The second-order valence-corrected chi connectivity index (χ2v) is 6.39. The van der Waals surface area contributed by atoms with Crippen LogP contribution in [0.1, 0.15) is 31.3 Å². The van der Waals surface area contributed by atoms with Crippen LogP contribution in [-0.2, 0) is 0 Å². The SMILES string of the molecule is Cc1nc(NC(CCl)C(C)(C)C)sc1C. The van der Waals surface area contributed by atoms with Gasteiger partial charge in [0.2, 0.25) is 0 Å². The summed E-state index contributed by atoms with van der Waals surface area (Å²) in [6, 6.07) is 0.254. The second-order valence-electron chi connectivity index (χ2n) is 4.88. The van der Waals surface area contributed by atoms with E-state index in [1.165, 1.54) is 4.88 Å². The number of nitrogens with one attached hydrogen (secondary N) is 1. The zero-order valence-electron chi connectivity index (χ0n) is 10.0. The monoisotopic (exact) mass is 246 g/mol. The largest absolute Gasteiger partial charge is 0.357 e. The van der Waals surface area contributed by atoms with Crippen molar-refractivity contribution < 1.29 is 0 Å². The predicted octanol–water partition coefficient (Wildman–Crippen LogP) is 3.83. The van der Waals surface area contributed by atoms with E-state index in [0.29, 0.717) is 5.88 Å². The molecule has 4 heteroatoms. The van der Waals surface area contributed by atoms with Crippen LogP contribution in [0.4, 0.5) is 5.13 Å². The molecule has 1 heterocycles. The lowest BCUT2D eigenvalue weighted by atomic mass is 9.88. The van der Waals surface area contributed by atoms with E-state index in [-0.39, 0.29) is 11.5 Å². The molecule has 1 N–H and O–H groups in total. The smallest absolute Gasteiger partial charge is 0.183 e. The van der Waals surface area contributed by atoms with Crippen LogP contribution in [0.5, 0.6) is 0 Å². The number of aromatic nitrogens is 1. The molecule has 1 aromatic heterocycles. The van der Waals surface area contributed by atoms with Gasteiger partial charge in [0.05, 0.1) is 5.69 Å². The Bertz CT molecular complexity index is 308. The Morgan fingerprint density at radius 3 is 2.33 bits per heavy atom. The Balaban J connectivity index is 2.75. The Labute approximate surface area is 101 Å². The molecule has 0 fully saturated rings. The van der Waals surface area contributed by atoms with Crippen molar-refractivity contribution in [2.75, 3.05) is 11.2 Å². The maximum atomic E-state index is 5.96. The van der Waals surface area contributed by atoms with E-state index < -0.39 is 0 Å². The summed E-state index contributed by atoms with van der Waals surface area (Å²) in [6.45, 7) is 10.7. The van der Waals surface area contributed by atoms with Gasteiger partial charge in [0, 0.05) is 16.8 Å². The molecule has 1 unspecified atom stereocenters. The number of hydrogen-bond acceptors (Lipinski definition) is 3. The van der Waals surface area contributed by atoms with Crippen LogP contribution in [0.2, 0.25) is 0 Å². The molecule has 0 aliphatic carbocycles. The van der Waals surface area contributed by atoms with Gasteiger partial charge < -0.3 is 5.32 Å². The molecule has 0 aliphatic heterocycles. The number of aryl methyl sites for hydroxylation is 2. The molecular weight excluding hydrogens is 228 g/mol. The zero-order valence-corrected chi connectivity index (χ0v) is 11.6. The van der Waals surface area contributed by atoms with Gasteiger partial charge in [0.15, 0.2) is 5.13 Å². The van der Waals surface area contributed by atoms with Gasteiger partial charge in [0.1, 0.15) is 0 Å². The number of alkyl halides is 1. The molecule has 86 valence electrons. The third-order valence-corrected chi connectivity index (χ3v) is 3.84. The van der Waals surface area contributed by atoms with Gasteiger partial charge in [-0.05, 0) is 19.3 Å². The average molecular weight is 247 g/mol. The first kappa shape index (κ1) is 12.8. The molecule has 0 aromatic carbocycles. The Morgan fingerprint density at radius 2 is 2.00 bits per heavy atom. The average Bonchev–Trinajstić information content (AvgIpc) is 2.40. The molecular formula is C11H19ClN2S. The molecule has 1 rings (SSSR count). The lowest BCUT2D eigenvalue weighted by Gasteiger charge is -2.29. The van der Waals surface area contributed by atoms with Gasteiger partial charge in [-0.25, -0.2) is 4.98 Å². The fourth-order valence-electron chi connectivity index (χ4n) is 1.17. The van der Waals surface area contributed by atoms with Crippen LogP contribution in [0.3, 0.4) is 0 Å². The van der Waals surface area contributed by atoms with Crippen molar-refractivity contribution in [3.8, 4) is 0 Å². The number of halogens is 1. The third kappa shape index (κ3) is 3.35. The van der Waals surface area contributed by atoms with E-state index in [1.54, 1.807) is 11.3 Å². The first-order chi connectivity index (χ1) is 6.84. The highest BCUT2D eigenvalue weighted by Crippen LogP contribution is 2.27. The highest BCUT2D eigenvalue weighted by molar-refractivity contribution is 7.15. The normalized spacial score (nSPS) is 14.0. The molecule has 2 nitrogen and oxygen atoms in total. The molecule has 1 atom stereocenters. The van der Waals surface area contributed by atoms with Crippen LogP contribution < -0.4 is 5.32 Å². The van der Waals surface area contributed by atoms with Crippen molar-refractivity contribution in [1.29, 1.82) is 0 Å². The van der Waals surface area contributed by atoms with Gasteiger partial charge in [-0.3, -0.25) is 0 Å². The van der Waals surface area contributed by atoms with E-state index in [2.05, 4.69) is 38.0 Å². The van der Waals surface area contributed by atoms with Gasteiger partial charge in [0.25, 0.3) is 0 Å². The quantitative estimate of drug-likeness (QED) is 0.820. The van der Waals surface area contributed by atoms with Crippen LogP contribution >= 0.6 is 22.9 Å². The fourth-order valence-corrected chi connectivity index (χ4v) is 2.58. The molecule has 1 aromatic rings. The lowest BCUT2D eigenvalue weighted by molar-refractivity contribution is 0.362. The summed E-state index contributed by atoms with van der Waals surface area (Å²) in [6.07, 6.45) is 0. The number of thiazole rings is 1. The standard InChI is InChI=1S/C11H19ClN2S/c1-7-8(2)15-10(13-7)14-9(6-12)11(3,4)5/h9H,6H2,1-5H3,(H,13,14). The van der Waals surface area contributed by atoms with Crippen molar-refractivity contribution >= 4 is 28.1 Å². The number of hydrogen-bond donors (Lipinski definition) is 1. The van der Waals surface area contributed by atoms with E-state index in [9.17, 15) is 0 Å². The summed E-state index contributed by atoms with van der Waals surface area (Å²) < 4.78 is 0. The minimum atomic E-state index is 0.148. The topological polar surface area (TPSA) is 24.9 Å². The van der Waals surface area contributed by atoms with Crippen LogP contribution in [-0.4, -0.2) is 16.9 Å². The minimum absolute atomic E-state index is 0.148. The van der Waals surface area contributed by atoms with Gasteiger partial charge in [-0.1, -0.05) is 20.8 Å². The minimum Gasteiger partial charge on any atom is -0.357 e. The highest BCUT2D eigenvalue weighted by atomic mass is 35.5. The number of rotatable bonds is 3. The van der Waals surface area contributed by atoms with E-state index >= 15 is 0 Å². The first-order valence-corrected chi connectivity index (χ1v) is 6.46. The number of nitrogens with zero attached hydrogens (tertiary/aromatic N) is 1. The summed E-state index contributed by atoms with van der Waals surface area (Å²) in [5, 5.41) is 4.38. The fraction of sp³-hybridized carbons (Fsp3) is 0.727. The predicted molar refractivity (Wildman–Crippen MR) is 69.2 cm³/mol. The van der Waals surface area contributed by atoms with Crippen molar-refractivity contribution in [1.82, 2.24) is 4.98 Å². The van der Waals surface area contributed by atoms with Crippen LogP contribution in [0, 0.1) is 19.3 Å². The van der Waals surface area contributed by atoms with Crippen molar-refractivity contribution in [2.45, 2.75) is 40.7 Å². The van der Waals surface area contributed by atoms with Crippen LogP contribution in [0.15, 0.2) is 0 Å². The lowest BCUT2D eigenvalue weighted by Crippen LogP contribution is -2.35. The van der Waals surface area contributed by atoms with Crippen molar-refractivity contribution in [2.24, 2.45) is 5.41 Å². The molecule has 0 spiro atoms. The molecule has 0 radical (unpaired) electrons. The second kappa shape index (κ2) is 4.71. The summed E-state index contributed by atoms with van der Waals surface area (Å²) in [5.41, 5.74) is 1.25.